The maximum atomic E-state index is 11.9. The van der Waals surface area contributed by atoms with Crippen LogP contribution in [0.1, 0.15) is 39.5 Å². The predicted octanol–water partition coefficient (Wildman–Crippen LogP) is 1.76. The highest BCUT2D eigenvalue weighted by molar-refractivity contribution is 7.99. The molecule has 1 atom stereocenters. The van der Waals surface area contributed by atoms with Crippen molar-refractivity contribution in [3.05, 3.63) is 0 Å². The lowest BCUT2D eigenvalue weighted by atomic mass is 9.94. The van der Waals surface area contributed by atoms with Crippen molar-refractivity contribution in [2.75, 3.05) is 11.5 Å². The van der Waals surface area contributed by atoms with Gasteiger partial charge in [0.2, 0.25) is 5.91 Å². The van der Waals surface area contributed by atoms with Crippen LogP contribution in [0.5, 0.6) is 0 Å². The molecule has 3 nitrogen and oxygen atoms in total. The molecule has 0 heterocycles. The number of amides is 1. The van der Waals surface area contributed by atoms with Crippen molar-refractivity contribution in [3.63, 3.8) is 0 Å². The number of hydrogen-bond donors (Lipinski definition) is 2. The summed E-state index contributed by atoms with van der Waals surface area (Å²) in [6.45, 7) is 4.43. The summed E-state index contributed by atoms with van der Waals surface area (Å²) in [5.74, 6) is 2.98. The van der Waals surface area contributed by atoms with Crippen LogP contribution in [-0.2, 0) is 4.79 Å². The quantitative estimate of drug-likeness (QED) is 0.696. The maximum absolute atomic E-state index is 11.9. The van der Waals surface area contributed by atoms with Crippen molar-refractivity contribution in [2.45, 2.75) is 51.1 Å². The molecule has 2 aliphatic carbocycles. The molecule has 2 aliphatic rings. The molecule has 2 rings (SSSR count). The van der Waals surface area contributed by atoms with Crippen LogP contribution < -0.4 is 11.1 Å². The predicted molar refractivity (Wildman–Crippen MR) is 73.0 cm³/mol. The maximum Gasteiger partial charge on any atom is 0.238 e. The van der Waals surface area contributed by atoms with Gasteiger partial charge in [-0.05, 0) is 43.3 Å². The first-order valence-corrected chi connectivity index (χ1v) is 7.85. The Hall–Kier alpha value is -0.220. The van der Waals surface area contributed by atoms with Crippen LogP contribution >= 0.6 is 11.8 Å². The van der Waals surface area contributed by atoms with Crippen molar-refractivity contribution < 1.29 is 4.79 Å². The number of primary amides is 1. The van der Waals surface area contributed by atoms with Crippen molar-refractivity contribution in [2.24, 2.45) is 17.6 Å². The van der Waals surface area contributed by atoms with Crippen LogP contribution in [0, 0.1) is 11.8 Å². The van der Waals surface area contributed by atoms with Gasteiger partial charge < -0.3 is 5.73 Å². The standard InChI is InChI=1S/C13H24N2OS/c1-9(2)7-17-8-13(12(14)16,10-3-4-10)15-11-5-6-11/h9-11,15H,3-8H2,1-2H3,(H2,14,16). The van der Waals surface area contributed by atoms with Gasteiger partial charge in [0.1, 0.15) is 5.54 Å². The van der Waals surface area contributed by atoms with E-state index in [1.54, 1.807) is 0 Å². The van der Waals surface area contributed by atoms with Gasteiger partial charge in [-0.3, -0.25) is 10.1 Å². The summed E-state index contributed by atoms with van der Waals surface area (Å²) in [6, 6.07) is 0.544. The fourth-order valence-corrected chi connectivity index (χ4v) is 3.62. The Kier molecular flexibility index (Phi) is 4.03. The lowest BCUT2D eigenvalue weighted by molar-refractivity contribution is -0.124. The number of rotatable bonds is 8. The SMILES string of the molecule is CC(C)CSCC(NC1CC1)(C(N)=O)C1CC1. The van der Waals surface area contributed by atoms with E-state index in [1.165, 1.54) is 12.8 Å². The third-order valence-corrected chi connectivity index (χ3v) is 5.10. The number of nitrogens with two attached hydrogens (primary N) is 1. The minimum Gasteiger partial charge on any atom is -0.368 e. The lowest BCUT2D eigenvalue weighted by Crippen LogP contribution is -2.60. The van der Waals surface area contributed by atoms with E-state index in [0.29, 0.717) is 17.9 Å². The molecule has 0 bridgehead atoms. The first-order chi connectivity index (χ1) is 8.04. The van der Waals surface area contributed by atoms with Gasteiger partial charge in [0.05, 0.1) is 0 Å². The van der Waals surface area contributed by atoms with Gasteiger partial charge in [0.25, 0.3) is 0 Å². The Morgan fingerprint density at radius 3 is 2.47 bits per heavy atom. The average Bonchev–Trinajstić information content (AvgIpc) is 3.10. The van der Waals surface area contributed by atoms with Gasteiger partial charge in [0.15, 0.2) is 0 Å². The molecule has 1 amide bonds. The van der Waals surface area contributed by atoms with Crippen LogP contribution in [0.3, 0.4) is 0 Å². The van der Waals surface area contributed by atoms with Crippen molar-refractivity contribution in [3.8, 4) is 0 Å². The highest BCUT2D eigenvalue weighted by atomic mass is 32.2. The topological polar surface area (TPSA) is 55.1 Å². The molecule has 0 saturated heterocycles. The molecule has 0 radical (unpaired) electrons. The summed E-state index contributed by atoms with van der Waals surface area (Å²) in [4.78, 5) is 11.9. The molecule has 0 aromatic carbocycles. The molecule has 17 heavy (non-hydrogen) atoms. The second kappa shape index (κ2) is 5.19. The molecule has 3 N–H and O–H groups in total. The highest BCUT2D eigenvalue weighted by Gasteiger charge is 2.51. The second-order valence-electron chi connectivity index (χ2n) is 5.94. The monoisotopic (exact) mass is 256 g/mol. The van der Waals surface area contributed by atoms with Crippen LogP contribution in [0.25, 0.3) is 0 Å². The van der Waals surface area contributed by atoms with Gasteiger partial charge in [-0.2, -0.15) is 11.8 Å². The minimum absolute atomic E-state index is 0.136. The Morgan fingerprint density at radius 2 is 2.06 bits per heavy atom. The molecule has 0 aliphatic heterocycles. The van der Waals surface area contributed by atoms with Crippen molar-refractivity contribution in [1.29, 1.82) is 0 Å². The number of thioether (sulfide) groups is 1. The van der Waals surface area contributed by atoms with E-state index in [1.807, 2.05) is 11.8 Å². The molecule has 1 unspecified atom stereocenters. The summed E-state index contributed by atoms with van der Waals surface area (Å²) in [6.07, 6.45) is 4.73. The smallest absolute Gasteiger partial charge is 0.238 e. The fraction of sp³-hybridized carbons (Fsp3) is 0.923. The minimum atomic E-state index is -0.416. The van der Waals surface area contributed by atoms with Gasteiger partial charge in [-0.15, -0.1) is 0 Å². The average molecular weight is 256 g/mol. The van der Waals surface area contributed by atoms with Gasteiger partial charge in [0, 0.05) is 11.8 Å². The molecule has 0 aromatic rings. The molecular weight excluding hydrogens is 232 g/mol. The summed E-state index contributed by atoms with van der Waals surface area (Å²) in [5, 5.41) is 3.54. The number of carbonyl (C=O) groups is 1. The normalized spacial score (nSPS) is 23.7. The van der Waals surface area contributed by atoms with E-state index in [-0.39, 0.29) is 5.91 Å². The first-order valence-electron chi connectivity index (χ1n) is 6.70. The Bertz CT molecular complexity index is 287. The summed E-state index contributed by atoms with van der Waals surface area (Å²) in [7, 11) is 0. The van der Waals surface area contributed by atoms with Gasteiger partial charge in [-0.1, -0.05) is 13.8 Å². The molecule has 2 fully saturated rings. The van der Waals surface area contributed by atoms with Crippen LogP contribution in [0.2, 0.25) is 0 Å². The third kappa shape index (κ3) is 3.38. The molecule has 0 spiro atoms. The number of hydrogen-bond acceptors (Lipinski definition) is 3. The Labute approximate surface area is 108 Å². The second-order valence-corrected chi connectivity index (χ2v) is 6.97. The van der Waals surface area contributed by atoms with Crippen LogP contribution in [0.4, 0.5) is 0 Å². The Balaban J connectivity index is 1.95. The van der Waals surface area contributed by atoms with E-state index in [2.05, 4.69) is 19.2 Å². The third-order valence-electron chi connectivity index (χ3n) is 3.53. The first kappa shape index (κ1) is 13.2. The van der Waals surface area contributed by atoms with Crippen LogP contribution in [0.15, 0.2) is 0 Å². The van der Waals surface area contributed by atoms with E-state index >= 15 is 0 Å². The zero-order chi connectivity index (χ0) is 12.5. The van der Waals surface area contributed by atoms with Gasteiger partial charge >= 0.3 is 0 Å². The lowest BCUT2D eigenvalue weighted by Gasteiger charge is -2.32. The van der Waals surface area contributed by atoms with Crippen LogP contribution in [-0.4, -0.2) is 29.0 Å². The molecule has 4 heteroatoms. The number of carbonyl (C=O) groups excluding carboxylic acids is 1. The molecule has 0 aromatic heterocycles. The van der Waals surface area contributed by atoms with E-state index in [4.69, 9.17) is 5.73 Å². The number of nitrogens with one attached hydrogen (secondary N) is 1. The van der Waals surface area contributed by atoms with E-state index < -0.39 is 5.54 Å². The molecular formula is C13H24N2OS. The highest BCUT2D eigenvalue weighted by Crippen LogP contribution is 2.43. The molecule has 98 valence electrons. The summed E-state index contributed by atoms with van der Waals surface area (Å²) < 4.78 is 0. The zero-order valence-corrected chi connectivity index (χ0v) is 11.7. The van der Waals surface area contributed by atoms with Gasteiger partial charge in [-0.25, -0.2) is 0 Å². The fourth-order valence-electron chi connectivity index (χ4n) is 2.24. The van der Waals surface area contributed by atoms with E-state index in [0.717, 1.165) is 24.3 Å². The summed E-state index contributed by atoms with van der Waals surface area (Å²) in [5.41, 5.74) is 5.27. The van der Waals surface area contributed by atoms with E-state index in [9.17, 15) is 4.79 Å². The Morgan fingerprint density at radius 1 is 1.41 bits per heavy atom. The summed E-state index contributed by atoms with van der Waals surface area (Å²) >= 11 is 1.87. The van der Waals surface area contributed by atoms with Crippen molar-refractivity contribution >= 4 is 17.7 Å². The largest absolute Gasteiger partial charge is 0.368 e. The molecule has 2 saturated carbocycles. The van der Waals surface area contributed by atoms with Crippen molar-refractivity contribution in [1.82, 2.24) is 5.32 Å². The zero-order valence-electron chi connectivity index (χ0n) is 10.9.